The molecule has 2 aliphatic carbocycles. The van der Waals surface area contributed by atoms with Crippen LogP contribution in [-0.2, 0) is 0 Å². The maximum absolute atomic E-state index is 6.25. The van der Waals surface area contributed by atoms with Crippen molar-refractivity contribution in [3.63, 3.8) is 0 Å². The molecule has 3 fully saturated rings. The van der Waals surface area contributed by atoms with E-state index in [9.17, 15) is 0 Å². The Bertz CT molecular complexity index is 292. The highest BCUT2D eigenvalue weighted by atomic mass is 35.5. The average molecular weight is 313 g/mol. The molecule has 0 amide bonds. The summed E-state index contributed by atoms with van der Waals surface area (Å²) < 4.78 is 0. The van der Waals surface area contributed by atoms with E-state index in [1.807, 2.05) is 4.90 Å². The lowest BCUT2D eigenvalue weighted by molar-refractivity contribution is -0.912. The maximum atomic E-state index is 6.25. The lowest BCUT2D eigenvalue weighted by Gasteiger charge is -2.35. The van der Waals surface area contributed by atoms with Crippen molar-refractivity contribution in [2.45, 2.75) is 82.4 Å². The van der Waals surface area contributed by atoms with Crippen LogP contribution in [0, 0.1) is 17.8 Å². The SMILES string of the molecule is ClC1CCC(C[NH+]2CCCC(CC3CCCCC3)C2)CC1. The summed E-state index contributed by atoms with van der Waals surface area (Å²) in [5, 5.41) is 0.483. The maximum Gasteiger partial charge on any atom is 0.0799 e. The van der Waals surface area contributed by atoms with Crippen LogP contribution in [0.15, 0.2) is 0 Å². The molecule has 1 N–H and O–H groups in total. The van der Waals surface area contributed by atoms with Crippen LogP contribution in [0.1, 0.15) is 77.0 Å². The molecule has 2 unspecified atom stereocenters. The Hall–Kier alpha value is 0.250. The van der Waals surface area contributed by atoms with E-state index < -0.39 is 0 Å². The molecule has 1 nitrogen and oxygen atoms in total. The van der Waals surface area contributed by atoms with Crippen molar-refractivity contribution in [1.29, 1.82) is 0 Å². The van der Waals surface area contributed by atoms with E-state index in [-0.39, 0.29) is 0 Å². The third kappa shape index (κ3) is 5.13. The third-order valence-corrected chi connectivity index (χ3v) is 6.90. The van der Waals surface area contributed by atoms with Gasteiger partial charge in [-0.1, -0.05) is 32.1 Å². The predicted molar refractivity (Wildman–Crippen MR) is 91.1 cm³/mol. The molecular weight excluding hydrogens is 278 g/mol. The normalized spacial score (nSPS) is 39.3. The van der Waals surface area contributed by atoms with Crippen molar-refractivity contribution in [3.05, 3.63) is 0 Å². The molecule has 0 radical (unpaired) electrons. The Labute approximate surface area is 136 Å². The first-order valence-electron chi connectivity index (χ1n) is 9.77. The van der Waals surface area contributed by atoms with Crippen molar-refractivity contribution in [1.82, 2.24) is 0 Å². The first-order valence-corrected chi connectivity index (χ1v) is 10.2. The van der Waals surface area contributed by atoms with Gasteiger partial charge < -0.3 is 4.90 Å². The number of nitrogens with one attached hydrogen (secondary N) is 1. The Morgan fingerprint density at radius 1 is 0.714 bits per heavy atom. The van der Waals surface area contributed by atoms with Gasteiger partial charge in [0.15, 0.2) is 0 Å². The summed E-state index contributed by atoms with van der Waals surface area (Å²) >= 11 is 6.25. The number of likely N-dealkylation sites (tertiary alicyclic amines) is 1. The van der Waals surface area contributed by atoms with Gasteiger partial charge in [-0.05, 0) is 50.9 Å². The molecule has 0 aromatic heterocycles. The summed E-state index contributed by atoms with van der Waals surface area (Å²) in [6.07, 6.45) is 17.5. The molecule has 2 saturated carbocycles. The first-order chi connectivity index (χ1) is 10.3. The third-order valence-electron chi connectivity index (χ3n) is 6.47. The van der Waals surface area contributed by atoms with Gasteiger partial charge in [0.2, 0.25) is 0 Å². The van der Waals surface area contributed by atoms with Crippen LogP contribution in [0.25, 0.3) is 0 Å². The molecule has 1 aliphatic heterocycles. The molecule has 1 saturated heterocycles. The summed E-state index contributed by atoms with van der Waals surface area (Å²) in [5.41, 5.74) is 0. The second kappa shape index (κ2) is 8.20. The zero-order valence-corrected chi connectivity index (χ0v) is 14.5. The molecule has 0 aromatic rings. The van der Waals surface area contributed by atoms with E-state index in [4.69, 9.17) is 11.6 Å². The second-order valence-electron chi connectivity index (χ2n) is 8.27. The van der Waals surface area contributed by atoms with Crippen LogP contribution in [0.5, 0.6) is 0 Å². The van der Waals surface area contributed by atoms with E-state index in [0.29, 0.717) is 5.38 Å². The van der Waals surface area contributed by atoms with Crippen LogP contribution in [-0.4, -0.2) is 25.0 Å². The monoisotopic (exact) mass is 312 g/mol. The first kappa shape index (κ1) is 16.1. The van der Waals surface area contributed by atoms with Crippen molar-refractivity contribution < 1.29 is 4.90 Å². The Kier molecular flexibility index (Phi) is 6.29. The summed E-state index contributed by atoms with van der Waals surface area (Å²) in [6, 6.07) is 0. The molecule has 2 atom stereocenters. The Morgan fingerprint density at radius 3 is 2.19 bits per heavy atom. The molecule has 0 spiro atoms. The highest BCUT2D eigenvalue weighted by Gasteiger charge is 2.29. The average Bonchev–Trinajstić information content (AvgIpc) is 2.51. The number of halogens is 1. The number of quaternary nitrogens is 1. The lowest BCUT2D eigenvalue weighted by Crippen LogP contribution is -3.14. The van der Waals surface area contributed by atoms with Gasteiger partial charge in [-0.3, -0.25) is 0 Å². The molecule has 2 heteroatoms. The number of hydrogen-bond acceptors (Lipinski definition) is 0. The minimum Gasteiger partial charge on any atom is -0.334 e. The van der Waals surface area contributed by atoms with Gasteiger partial charge in [0, 0.05) is 17.2 Å². The summed E-state index contributed by atoms with van der Waals surface area (Å²) in [5.74, 6) is 3.10. The topological polar surface area (TPSA) is 4.44 Å². The summed E-state index contributed by atoms with van der Waals surface area (Å²) in [7, 11) is 0. The molecule has 122 valence electrons. The smallest absolute Gasteiger partial charge is 0.0799 e. The van der Waals surface area contributed by atoms with Gasteiger partial charge in [-0.2, -0.15) is 0 Å². The quantitative estimate of drug-likeness (QED) is 0.747. The summed E-state index contributed by atoms with van der Waals surface area (Å²) in [6.45, 7) is 4.38. The van der Waals surface area contributed by atoms with Crippen molar-refractivity contribution >= 4 is 11.6 Å². The molecular formula is C19H35ClN+. The molecule has 0 bridgehead atoms. The van der Waals surface area contributed by atoms with Gasteiger partial charge in [-0.25, -0.2) is 0 Å². The highest BCUT2D eigenvalue weighted by molar-refractivity contribution is 6.20. The number of rotatable bonds is 4. The molecule has 3 aliphatic rings. The van der Waals surface area contributed by atoms with Crippen molar-refractivity contribution in [2.75, 3.05) is 19.6 Å². The fraction of sp³-hybridized carbons (Fsp3) is 1.00. The van der Waals surface area contributed by atoms with E-state index in [1.165, 1.54) is 90.3 Å². The van der Waals surface area contributed by atoms with Crippen LogP contribution in [0.2, 0.25) is 0 Å². The van der Waals surface area contributed by atoms with Gasteiger partial charge in [-0.15, -0.1) is 11.6 Å². The van der Waals surface area contributed by atoms with Gasteiger partial charge >= 0.3 is 0 Å². The van der Waals surface area contributed by atoms with E-state index in [2.05, 4.69) is 0 Å². The molecule has 1 heterocycles. The number of hydrogen-bond donors (Lipinski definition) is 1. The summed E-state index contributed by atoms with van der Waals surface area (Å²) in [4.78, 5) is 1.93. The fourth-order valence-electron chi connectivity index (χ4n) is 5.27. The van der Waals surface area contributed by atoms with Crippen LogP contribution < -0.4 is 4.90 Å². The van der Waals surface area contributed by atoms with Gasteiger partial charge in [0.1, 0.15) is 0 Å². The molecule has 3 rings (SSSR count). The van der Waals surface area contributed by atoms with E-state index >= 15 is 0 Å². The van der Waals surface area contributed by atoms with Crippen molar-refractivity contribution in [2.24, 2.45) is 17.8 Å². The van der Waals surface area contributed by atoms with E-state index in [0.717, 1.165) is 17.8 Å². The Balaban J connectivity index is 1.40. The van der Waals surface area contributed by atoms with Crippen LogP contribution in [0.3, 0.4) is 0 Å². The molecule has 21 heavy (non-hydrogen) atoms. The minimum absolute atomic E-state index is 0.483. The number of piperidine rings is 1. The van der Waals surface area contributed by atoms with Crippen LogP contribution in [0.4, 0.5) is 0 Å². The van der Waals surface area contributed by atoms with Crippen LogP contribution >= 0.6 is 11.6 Å². The second-order valence-corrected chi connectivity index (χ2v) is 8.89. The zero-order valence-electron chi connectivity index (χ0n) is 13.8. The number of alkyl halides is 1. The predicted octanol–water partition coefficient (Wildman–Crippen LogP) is 4.05. The van der Waals surface area contributed by atoms with Gasteiger partial charge in [0.25, 0.3) is 0 Å². The zero-order chi connectivity index (χ0) is 14.5. The van der Waals surface area contributed by atoms with Crippen molar-refractivity contribution in [3.8, 4) is 0 Å². The Morgan fingerprint density at radius 2 is 1.43 bits per heavy atom. The minimum atomic E-state index is 0.483. The lowest BCUT2D eigenvalue weighted by atomic mass is 9.80. The fourth-order valence-corrected chi connectivity index (χ4v) is 5.52. The van der Waals surface area contributed by atoms with E-state index in [1.54, 1.807) is 6.42 Å². The largest absolute Gasteiger partial charge is 0.334 e. The standard InChI is InChI=1S/C19H34ClN/c20-19-10-8-17(9-11-19)14-21-12-4-7-18(15-21)13-16-5-2-1-3-6-16/h16-19H,1-15H2/p+1. The molecule has 0 aromatic carbocycles. The highest BCUT2D eigenvalue weighted by Crippen LogP contribution is 2.31. The van der Waals surface area contributed by atoms with Gasteiger partial charge in [0.05, 0.1) is 19.6 Å².